The molecule has 1 unspecified atom stereocenters. The van der Waals surface area contributed by atoms with Gasteiger partial charge in [-0.2, -0.15) is 0 Å². The molecule has 0 bridgehead atoms. The van der Waals surface area contributed by atoms with Gasteiger partial charge in [-0.3, -0.25) is 0 Å². The molecule has 1 atom stereocenters. The molecular weight excluding hydrogens is 230 g/mol. The van der Waals surface area contributed by atoms with E-state index in [1.165, 1.54) is 30.6 Å². The lowest BCUT2D eigenvalue weighted by molar-refractivity contribution is 0.282. The summed E-state index contributed by atoms with van der Waals surface area (Å²) in [5.74, 6) is 0.881. The van der Waals surface area contributed by atoms with E-state index in [2.05, 4.69) is 22.8 Å². The van der Waals surface area contributed by atoms with Crippen LogP contribution in [0.15, 0.2) is 17.5 Å². The lowest BCUT2D eigenvalue weighted by Crippen LogP contribution is -2.23. The topological polar surface area (TPSA) is 32.3 Å². The van der Waals surface area contributed by atoms with Crippen molar-refractivity contribution in [2.24, 2.45) is 5.92 Å². The predicted octanol–water partition coefficient (Wildman–Crippen LogP) is 3.34. The first-order valence-electron chi connectivity index (χ1n) is 6.79. The summed E-state index contributed by atoms with van der Waals surface area (Å²) in [6, 6.07) is 5.01. The third kappa shape index (κ3) is 4.41. The standard InChI is InChI=1S/C14H23NOS/c16-10-4-2-1-3-9-15-14(12-7-8-12)13-6-5-11-17-13/h5-6,11-12,14-16H,1-4,7-10H2. The van der Waals surface area contributed by atoms with Crippen LogP contribution in [-0.4, -0.2) is 18.3 Å². The fourth-order valence-electron chi connectivity index (χ4n) is 2.25. The number of aliphatic hydroxyl groups excluding tert-OH is 1. The van der Waals surface area contributed by atoms with Crippen LogP contribution >= 0.6 is 11.3 Å². The number of hydrogen-bond acceptors (Lipinski definition) is 3. The maximum Gasteiger partial charge on any atom is 0.0443 e. The van der Waals surface area contributed by atoms with E-state index in [4.69, 9.17) is 5.11 Å². The monoisotopic (exact) mass is 253 g/mol. The summed E-state index contributed by atoms with van der Waals surface area (Å²) in [5.41, 5.74) is 0. The van der Waals surface area contributed by atoms with Gasteiger partial charge in [0.05, 0.1) is 0 Å². The molecule has 1 saturated carbocycles. The average molecular weight is 253 g/mol. The SMILES string of the molecule is OCCCCCCNC(c1cccs1)C1CC1. The molecule has 96 valence electrons. The molecule has 2 rings (SSSR count). The first kappa shape index (κ1) is 13.1. The Morgan fingerprint density at radius 2 is 2.12 bits per heavy atom. The zero-order chi connectivity index (χ0) is 11.9. The normalized spacial score (nSPS) is 17.2. The zero-order valence-corrected chi connectivity index (χ0v) is 11.2. The minimum atomic E-state index is 0.341. The Morgan fingerprint density at radius 1 is 1.29 bits per heavy atom. The molecule has 1 aromatic heterocycles. The highest BCUT2D eigenvalue weighted by molar-refractivity contribution is 7.10. The molecule has 2 N–H and O–H groups in total. The molecule has 1 heterocycles. The van der Waals surface area contributed by atoms with E-state index in [0.717, 1.165) is 25.3 Å². The highest BCUT2D eigenvalue weighted by atomic mass is 32.1. The summed E-state index contributed by atoms with van der Waals surface area (Å²) in [6.07, 6.45) is 7.35. The van der Waals surface area contributed by atoms with Crippen molar-refractivity contribution in [1.29, 1.82) is 0 Å². The van der Waals surface area contributed by atoms with E-state index in [0.29, 0.717) is 12.6 Å². The summed E-state index contributed by atoms with van der Waals surface area (Å²) < 4.78 is 0. The number of nitrogens with one attached hydrogen (secondary N) is 1. The van der Waals surface area contributed by atoms with Crippen molar-refractivity contribution in [2.75, 3.05) is 13.2 Å². The van der Waals surface area contributed by atoms with Crippen molar-refractivity contribution in [3.63, 3.8) is 0 Å². The first-order chi connectivity index (χ1) is 8.42. The smallest absolute Gasteiger partial charge is 0.0443 e. The fourth-order valence-corrected chi connectivity index (χ4v) is 3.14. The number of aliphatic hydroxyl groups is 1. The van der Waals surface area contributed by atoms with Crippen LogP contribution in [0.4, 0.5) is 0 Å². The van der Waals surface area contributed by atoms with Gasteiger partial charge < -0.3 is 10.4 Å². The van der Waals surface area contributed by atoms with Gasteiger partial charge in [0.15, 0.2) is 0 Å². The first-order valence-corrected chi connectivity index (χ1v) is 7.67. The zero-order valence-electron chi connectivity index (χ0n) is 10.4. The molecule has 0 radical (unpaired) electrons. The number of rotatable bonds is 9. The average Bonchev–Trinajstić information content (AvgIpc) is 3.03. The minimum Gasteiger partial charge on any atom is -0.396 e. The second-order valence-electron chi connectivity index (χ2n) is 4.92. The van der Waals surface area contributed by atoms with Gasteiger partial charge in [0.2, 0.25) is 0 Å². The van der Waals surface area contributed by atoms with Gasteiger partial charge in [-0.1, -0.05) is 18.9 Å². The lowest BCUT2D eigenvalue weighted by atomic mass is 10.1. The highest BCUT2D eigenvalue weighted by Gasteiger charge is 2.32. The predicted molar refractivity (Wildman–Crippen MR) is 73.3 cm³/mol. The molecule has 1 aromatic rings. The van der Waals surface area contributed by atoms with Crippen LogP contribution < -0.4 is 5.32 Å². The van der Waals surface area contributed by atoms with Gasteiger partial charge in [-0.15, -0.1) is 11.3 Å². The maximum absolute atomic E-state index is 8.70. The van der Waals surface area contributed by atoms with Crippen molar-refractivity contribution in [1.82, 2.24) is 5.32 Å². The molecule has 2 nitrogen and oxygen atoms in total. The Labute approximate surface area is 108 Å². The van der Waals surface area contributed by atoms with Crippen LogP contribution in [-0.2, 0) is 0 Å². The summed E-state index contributed by atoms with van der Waals surface area (Å²) in [6.45, 7) is 1.46. The largest absolute Gasteiger partial charge is 0.396 e. The molecule has 1 aliphatic rings. The number of hydrogen-bond donors (Lipinski definition) is 2. The Balaban J connectivity index is 1.65. The molecule has 0 aromatic carbocycles. The van der Waals surface area contributed by atoms with Crippen molar-refractivity contribution >= 4 is 11.3 Å². The van der Waals surface area contributed by atoms with Crippen molar-refractivity contribution in [3.05, 3.63) is 22.4 Å². The van der Waals surface area contributed by atoms with Gasteiger partial charge in [-0.05, 0) is 49.6 Å². The van der Waals surface area contributed by atoms with Crippen molar-refractivity contribution in [3.8, 4) is 0 Å². The van der Waals surface area contributed by atoms with E-state index in [1.807, 2.05) is 11.3 Å². The van der Waals surface area contributed by atoms with Crippen LogP contribution in [0, 0.1) is 5.92 Å². The molecule has 3 heteroatoms. The third-order valence-electron chi connectivity index (χ3n) is 3.39. The van der Waals surface area contributed by atoms with E-state index >= 15 is 0 Å². The summed E-state index contributed by atoms with van der Waals surface area (Å²) >= 11 is 1.88. The highest BCUT2D eigenvalue weighted by Crippen LogP contribution is 2.42. The van der Waals surface area contributed by atoms with Crippen molar-refractivity contribution < 1.29 is 5.11 Å². The summed E-state index contributed by atoms with van der Waals surface area (Å²) in [4.78, 5) is 1.50. The van der Waals surface area contributed by atoms with Crippen LogP contribution in [0.25, 0.3) is 0 Å². The summed E-state index contributed by atoms with van der Waals surface area (Å²) in [7, 11) is 0. The van der Waals surface area contributed by atoms with Gasteiger partial charge in [-0.25, -0.2) is 0 Å². The molecule has 0 aliphatic heterocycles. The second kappa shape index (κ2) is 7.14. The van der Waals surface area contributed by atoms with E-state index in [1.54, 1.807) is 0 Å². The van der Waals surface area contributed by atoms with Crippen LogP contribution in [0.5, 0.6) is 0 Å². The summed E-state index contributed by atoms with van der Waals surface area (Å²) in [5, 5.41) is 14.6. The lowest BCUT2D eigenvalue weighted by Gasteiger charge is -2.16. The fraction of sp³-hybridized carbons (Fsp3) is 0.714. The molecular formula is C14H23NOS. The molecule has 17 heavy (non-hydrogen) atoms. The van der Waals surface area contributed by atoms with Crippen LogP contribution in [0.1, 0.15) is 49.4 Å². The van der Waals surface area contributed by atoms with Crippen molar-refractivity contribution in [2.45, 2.75) is 44.6 Å². The molecule has 0 spiro atoms. The Bertz CT molecular complexity index is 295. The molecule has 0 saturated heterocycles. The molecule has 0 amide bonds. The quantitative estimate of drug-likeness (QED) is 0.662. The van der Waals surface area contributed by atoms with Gasteiger partial charge >= 0.3 is 0 Å². The van der Waals surface area contributed by atoms with E-state index in [-0.39, 0.29) is 0 Å². The molecule has 1 aliphatic carbocycles. The second-order valence-corrected chi connectivity index (χ2v) is 5.90. The van der Waals surface area contributed by atoms with Crippen LogP contribution in [0.3, 0.4) is 0 Å². The van der Waals surface area contributed by atoms with E-state index < -0.39 is 0 Å². The Kier molecular flexibility index (Phi) is 5.49. The van der Waals surface area contributed by atoms with Gasteiger partial charge in [0.1, 0.15) is 0 Å². The van der Waals surface area contributed by atoms with Gasteiger partial charge in [0, 0.05) is 17.5 Å². The minimum absolute atomic E-state index is 0.341. The van der Waals surface area contributed by atoms with Crippen LogP contribution in [0.2, 0.25) is 0 Å². The molecule has 1 fully saturated rings. The number of thiophene rings is 1. The Hall–Kier alpha value is -0.380. The maximum atomic E-state index is 8.70. The Morgan fingerprint density at radius 3 is 2.76 bits per heavy atom. The van der Waals surface area contributed by atoms with Gasteiger partial charge in [0.25, 0.3) is 0 Å². The third-order valence-corrected chi connectivity index (χ3v) is 4.35. The van der Waals surface area contributed by atoms with E-state index in [9.17, 15) is 0 Å². The number of unbranched alkanes of at least 4 members (excludes halogenated alkanes) is 3.